The maximum Gasteiger partial charge on any atom is 0.307 e. The summed E-state index contributed by atoms with van der Waals surface area (Å²) in [4.78, 5) is 29.7. The topological polar surface area (TPSA) is 77.5 Å². The van der Waals surface area contributed by atoms with Crippen molar-refractivity contribution in [1.82, 2.24) is 9.80 Å². The zero-order valence-electron chi connectivity index (χ0n) is 34.1. The van der Waals surface area contributed by atoms with E-state index in [4.69, 9.17) is 18.9 Å². The highest BCUT2D eigenvalue weighted by Crippen LogP contribution is 2.11. The summed E-state index contributed by atoms with van der Waals surface area (Å²) in [6, 6.07) is 0.855. The molecule has 0 heterocycles. The lowest BCUT2D eigenvalue weighted by Crippen LogP contribution is -2.43. The first-order valence-electron chi connectivity index (χ1n) is 21.3. The second-order valence-corrected chi connectivity index (χ2v) is 14.8. The molecular formula is C42H84N2O6. The van der Waals surface area contributed by atoms with Gasteiger partial charge in [0.2, 0.25) is 0 Å². The van der Waals surface area contributed by atoms with Crippen molar-refractivity contribution in [1.29, 1.82) is 0 Å². The highest BCUT2D eigenvalue weighted by Gasteiger charge is 2.17. The molecule has 0 atom stereocenters. The Morgan fingerprint density at radius 2 is 0.760 bits per heavy atom. The third-order valence-corrected chi connectivity index (χ3v) is 9.44. The zero-order valence-corrected chi connectivity index (χ0v) is 34.1. The van der Waals surface area contributed by atoms with Gasteiger partial charge in [0.05, 0.1) is 26.1 Å². The Labute approximate surface area is 310 Å². The number of esters is 2. The fourth-order valence-corrected chi connectivity index (χ4v) is 6.28. The van der Waals surface area contributed by atoms with Crippen LogP contribution in [0.4, 0.5) is 0 Å². The van der Waals surface area contributed by atoms with Gasteiger partial charge >= 0.3 is 11.9 Å². The molecule has 0 bridgehead atoms. The molecule has 0 saturated heterocycles. The molecule has 298 valence electrons. The maximum absolute atomic E-state index is 12.5. The van der Waals surface area contributed by atoms with E-state index in [2.05, 4.69) is 51.3 Å². The van der Waals surface area contributed by atoms with Crippen molar-refractivity contribution in [3.8, 4) is 0 Å². The molecule has 0 aliphatic carbocycles. The lowest BCUT2D eigenvalue weighted by atomic mass is 10.1. The maximum atomic E-state index is 12.5. The van der Waals surface area contributed by atoms with Gasteiger partial charge in [-0.15, -0.1) is 0 Å². The largest absolute Gasteiger partial charge is 0.466 e. The average Bonchev–Trinajstić information content (AvgIpc) is 3.09. The predicted octanol–water partition coefficient (Wildman–Crippen LogP) is 10.1. The van der Waals surface area contributed by atoms with E-state index in [0.29, 0.717) is 64.4 Å². The van der Waals surface area contributed by atoms with Gasteiger partial charge in [0.1, 0.15) is 0 Å². The van der Waals surface area contributed by atoms with E-state index in [1.165, 1.54) is 103 Å². The van der Waals surface area contributed by atoms with Crippen molar-refractivity contribution < 1.29 is 28.5 Å². The van der Waals surface area contributed by atoms with Gasteiger partial charge in [-0.05, 0) is 40.5 Å². The molecule has 0 aromatic rings. The minimum Gasteiger partial charge on any atom is -0.466 e. The van der Waals surface area contributed by atoms with Gasteiger partial charge in [0.15, 0.2) is 0 Å². The molecule has 0 radical (unpaired) electrons. The Hall–Kier alpha value is -1.22. The fourth-order valence-electron chi connectivity index (χ4n) is 6.28. The van der Waals surface area contributed by atoms with Gasteiger partial charge in [-0.3, -0.25) is 14.5 Å². The third kappa shape index (κ3) is 33.9. The summed E-state index contributed by atoms with van der Waals surface area (Å²) in [5, 5.41) is 0. The van der Waals surface area contributed by atoms with Crippen LogP contribution in [-0.4, -0.2) is 99.6 Å². The van der Waals surface area contributed by atoms with Gasteiger partial charge in [0, 0.05) is 77.5 Å². The van der Waals surface area contributed by atoms with E-state index in [-0.39, 0.29) is 11.9 Å². The number of carbonyl (C=O) groups is 2. The Morgan fingerprint density at radius 1 is 0.420 bits per heavy atom. The molecule has 50 heavy (non-hydrogen) atoms. The first kappa shape index (κ1) is 48.8. The Morgan fingerprint density at radius 3 is 1.12 bits per heavy atom. The van der Waals surface area contributed by atoms with Crippen LogP contribution in [0, 0.1) is 0 Å². The van der Waals surface area contributed by atoms with Crippen LogP contribution >= 0.6 is 0 Å². The molecule has 0 aliphatic rings. The van der Waals surface area contributed by atoms with Crippen molar-refractivity contribution in [3.05, 3.63) is 0 Å². The van der Waals surface area contributed by atoms with E-state index >= 15 is 0 Å². The van der Waals surface area contributed by atoms with E-state index in [0.717, 1.165) is 52.0 Å². The first-order chi connectivity index (χ1) is 24.3. The van der Waals surface area contributed by atoms with Crippen molar-refractivity contribution >= 4 is 11.9 Å². The van der Waals surface area contributed by atoms with Crippen LogP contribution in [0.1, 0.15) is 183 Å². The van der Waals surface area contributed by atoms with Gasteiger partial charge in [-0.2, -0.15) is 0 Å². The molecule has 0 aromatic carbocycles. The molecule has 0 N–H and O–H groups in total. The lowest BCUT2D eigenvalue weighted by molar-refractivity contribution is -0.144. The zero-order chi connectivity index (χ0) is 36.9. The van der Waals surface area contributed by atoms with Gasteiger partial charge in [-0.25, -0.2) is 0 Å². The van der Waals surface area contributed by atoms with Crippen molar-refractivity contribution in [2.45, 2.75) is 195 Å². The molecule has 8 heteroatoms. The smallest absolute Gasteiger partial charge is 0.307 e. The minimum atomic E-state index is -0.191. The van der Waals surface area contributed by atoms with Crippen LogP contribution in [0.25, 0.3) is 0 Å². The van der Waals surface area contributed by atoms with Gasteiger partial charge in [0.25, 0.3) is 0 Å². The van der Waals surface area contributed by atoms with E-state index in [1.54, 1.807) is 0 Å². The minimum absolute atomic E-state index is 0.191. The number of hydrogen-bond donors (Lipinski definition) is 0. The standard InChI is InChI=1S/C42H84N2O6/c1-7-9-11-13-15-17-19-21-23-33-47-35-25-37-49-41(45)27-29-43(31-32-44(39(3)4)40(5)6)30-28-42(46)50-38-26-36-48-34-24-22-20-18-16-14-12-10-8-2/h39-40H,7-38H2,1-6H3. The van der Waals surface area contributed by atoms with E-state index in [1.807, 2.05) is 0 Å². The highest BCUT2D eigenvalue weighted by molar-refractivity contribution is 5.70. The SMILES string of the molecule is CCCCCCCCCCCOCCCOC(=O)CCN(CCC(=O)OCCCOCCCCCCCCCCC)CCN(C(C)C)C(C)C. The van der Waals surface area contributed by atoms with Crippen molar-refractivity contribution in [2.24, 2.45) is 0 Å². The molecule has 0 unspecified atom stereocenters. The second-order valence-electron chi connectivity index (χ2n) is 14.8. The monoisotopic (exact) mass is 713 g/mol. The van der Waals surface area contributed by atoms with Crippen molar-refractivity contribution in [2.75, 3.05) is 65.8 Å². The molecular weight excluding hydrogens is 628 g/mol. The molecule has 0 amide bonds. The van der Waals surface area contributed by atoms with Crippen molar-refractivity contribution in [3.63, 3.8) is 0 Å². The van der Waals surface area contributed by atoms with Crippen LogP contribution in [-0.2, 0) is 28.5 Å². The van der Waals surface area contributed by atoms with Crippen LogP contribution in [0.3, 0.4) is 0 Å². The van der Waals surface area contributed by atoms with Gasteiger partial charge in [-0.1, -0.05) is 117 Å². The van der Waals surface area contributed by atoms with Crippen LogP contribution in [0.5, 0.6) is 0 Å². The number of carbonyl (C=O) groups excluding carboxylic acids is 2. The predicted molar refractivity (Wildman–Crippen MR) is 210 cm³/mol. The molecule has 0 spiro atoms. The van der Waals surface area contributed by atoms with E-state index < -0.39 is 0 Å². The Balaban J connectivity index is 4.14. The number of unbranched alkanes of at least 4 members (excludes halogenated alkanes) is 16. The summed E-state index contributed by atoms with van der Waals surface area (Å²) in [6.45, 7) is 19.8. The van der Waals surface area contributed by atoms with Gasteiger partial charge < -0.3 is 23.8 Å². The summed E-state index contributed by atoms with van der Waals surface area (Å²) in [6.07, 6.45) is 25.6. The molecule has 0 aromatic heterocycles. The molecule has 0 saturated carbocycles. The van der Waals surface area contributed by atoms with E-state index in [9.17, 15) is 9.59 Å². The summed E-state index contributed by atoms with van der Waals surface area (Å²) in [5.74, 6) is -0.382. The first-order valence-corrected chi connectivity index (χ1v) is 21.3. The molecule has 0 aliphatic heterocycles. The summed E-state index contributed by atoms with van der Waals surface area (Å²) in [7, 11) is 0. The number of ether oxygens (including phenoxy) is 4. The second kappa shape index (κ2) is 37.5. The Kier molecular flexibility index (Phi) is 36.6. The number of hydrogen-bond acceptors (Lipinski definition) is 8. The summed E-state index contributed by atoms with van der Waals surface area (Å²) < 4.78 is 22.5. The third-order valence-electron chi connectivity index (χ3n) is 9.44. The lowest BCUT2D eigenvalue weighted by Gasteiger charge is -2.33. The fraction of sp³-hybridized carbons (Fsp3) is 0.952. The Bertz CT molecular complexity index is 679. The number of rotatable bonds is 39. The van der Waals surface area contributed by atoms with Crippen LogP contribution in [0.15, 0.2) is 0 Å². The summed E-state index contributed by atoms with van der Waals surface area (Å²) >= 11 is 0. The van der Waals surface area contributed by atoms with Crippen LogP contribution < -0.4 is 0 Å². The number of nitrogens with zero attached hydrogens (tertiary/aromatic N) is 2. The quantitative estimate of drug-likeness (QED) is 0.0461. The van der Waals surface area contributed by atoms with Crippen LogP contribution in [0.2, 0.25) is 0 Å². The average molecular weight is 713 g/mol. The normalized spacial score (nSPS) is 11.8. The molecule has 0 rings (SSSR count). The highest BCUT2D eigenvalue weighted by atomic mass is 16.5. The molecule has 8 nitrogen and oxygen atoms in total. The molecule has 0 fully saturated rings. The summed E-state index contributed by atoms with van der Waals surface area (Å²) in [5.41, 5.74) is 0.